The van der Waals surface area contributed by atoms with Crippen molar-refractivity contribution in [1.29, 1.82) is 10.5 Å². The molecule has 0 radical (unpaired) electrons. The number of hydrogen-bond donors (Lipinski definition) is 1. The van der Waals surface area contributed by atoms with E-state index in [-0.39, 0.29) is 11.6 Å². The van der Waals surface area contributed by atoms with E-state index in [2.05, 4.69) is 27.0 Å². The zero-order valence-electron chi connectivity index (χ0n) is 13.3. The fraction of sp³-hybridized carbons (Fsp3) is 0.278. The third-order valence-electron chi connectivity index (χ3n) is 4.34. The number of benzene rings is 1. The van der Waals surface area contributed by atoms with Crippen molar-refractivity contribution in [1.82, 2.24) is 4.98 Å². The van der Waals surface area contributed by atoms with Crippen LogP contribution < -0.4 is 10.6 Å². The van der Waals surface area contributed by atoms with E-state index in [9.17, 15) is 9.65 Å². The second-order valence-electron chi connectivity index (χ2n) is 5.92. The first-order chi connectivity index (χ1) is 12.0. The van der Waals surface area contributed by atoms with Gasteiger partial charge in [-0.05, 0) is 46.5 Å². The summed E-state index contributed by atoms with van der Waals surface area (Å²) in [5, 5.41) is 18.6. The molecule has 2 N–H and O–H groups in total. The van der Waals surface area contributed by atoms with Crippen LogP contribution in [0.4, 0.5) is 10.2 Å². The summed E-state index contributed by atoms with van der Waals surface area (Å²) in [6.07, 6.45) is 3.29. The minimum Gasteiger partial charge on any atom is -0.355 e. The minimum atomic E-state index is -0.613. The maximum atomic E-state index is 14.0. The van der Waals surface area contributed by atoms with Crippen LogP contribution in [0.5, 0.6) is 0 Å². The molecule has 3 rings (SSSR count). The lowest BCUT2D eigenvalue weighted by molar-refractivity contribution is 0.498. The van der Waals surface area contributed by atoms with Crippen LogP contribution in [0.25, 0.3) is 11.1 Å². The van der Waals surface area contributed by atoms with Crippen molar-refractivity contribution in [3.05, 3.63) is 45.8 Å². The van der Waals surface area contributed by atoms with Gasteiger partial charge < -0.3 is 10.6 Å². The van der Waals surface area contributed by atoms with E-state index in [1.165, 1.54) is 12.1 Å². The molecule has 2 aromatic rings. The summed E-state index contributed by atoms with van der Waals surface area (Å²) in [5.74, 6) is -0.0320. The molecule has 1 aliphatic heterocycles. The maximum Gasteiger partial charge on any atom is 0.147 e. The number of pyridine rings is 1. The fourth-order valence-electron chi connectivity index (χ4n) is 2.98. The molecule has 2 heterocycles. The lowest BCUT2D eigenvalue weighted by Gasteiger charge is -2.32. The van der Waals surface area contributed by atoms with E-state index >= 15 is 0 Å². The molecule has 126 valence electrons. The summed E-state index contributed by atoms with van der Waals surface area (Å²) >= 11 is 3.41. The number of hydrogen-bond acceptors (Lipinski definition) is 5. The van der Waals surface area contributed by atoms with Crippen molar-refractivity contribution in [3.8, 4) is 23.3 Å². The number of nitriles is 2. The van der Waals surface area contributed by atoms with Gasteiger partial charge in [-0.3, -0.25) is 0 Å². The Hall–Kier alpha value is -2.48. The molecule has 0 atom stereocenters. The summed E-state index contributed by atoms with van der Waals surface area (Å²) in [6.45, 7) is 1.46. The smallest absolute Gasteiger partial charge is 0.147 e. The SMILES string of the molecule is N#Cc1ccc(-c2c(Br)cnc(N3CCC(N)CC3)c2C#N)cc1F. The topological polar surface area (TPSA) is 89.7 Å². The zero-order chi connectivity index (χ0) is 18.0. The van der Waals surface area contributed by atoms with Crippen LogP contribution >= 0.6 is 15.9 Å². The summed E-state index contributed by atoms with van der Waals surface area (Å²) in [6, 6.07) is 8.50. The molecule has 7 heteroatoms. The minimum absolute atomic E-state index is 0.0299. The van der Waals surface area contributed by atoms with Crippen LogP contribution in [-0.4, -0.2) is 24.1 Å². The van der Waals surface area contributed by atoms with E-state index in [1.54, 1.807) is 18.3 Å². The number of nitrogens with two attached hydrogens (primary N) is 1. The Bertz CT molecular complexity index is 892. The molecule has 0 spiro atoms. The van der Waals surface area contributed by atoms with Crippen LogP contribution in [0.3, 0.4) is 0 Å². The highest BCUT2D eigenvalue weighted by molar-refractivity contribution is 9.10. The van der Waals surface area contributed by atoms with Gasteiger partial charge in [-0.2, -0.15) is 10.5 Å². The van der Waals surface area contributed by atoms with E-state index in [0.29, 0.717) is 27.0 Å². The monoisotopic (exact) mass is 399 g/mol. The van der Waals surface area contributed by atoms with Crippen molar-refractivity contribution in [2.75, 3.05) is 18.0 Å². The first kappa shape index (κ1) is 17.3. The van der Waals surface area contributed by atoms with Crippen LogP contribution in [0, 0.1) is 28.5 Å². The zero-order valence-corrected chi connectivity index (χ0v) is 14.9. The van der Waals surface area contributed by atoms with Crippen LogP contribution in [0.1, 0.15) is 24.0 Å². The molecule has 1 aromatic heterocycles. The summed E-state index contributed by atoms with van der Waals surface area (Å²) < 4.78 is 14.6. The highest BCUT2D eigenvalue weighted by atomic mass is 79.9. The molecular weight excluding hydrogens is 385 g/mol. The summed E-state index contributed by atoms with van der Waals surface area (Å²) in [7, 11) is 0. The van der Waals surface area contributed by atoms with Gasteiger partial charge in [0.05, 0.1) is 5.56 Å². The molecule has 25 heavy (non-hydrogen) atoms. The maximum absolute atomic E-state index is 14.0. The van der Waals surface area contributed by atoms with Crippen molar-refractivity contribution >= 4 is 21.7 Å². The van der Waals surface area contributed by atoms with Gasteiger partial charge in [0.25, 0.3) is 0 Å². The largest absolute Gasteiger partial charge is 0.355 e. The Morgan fingerprint density at radius 3 is 2.56 bits per heavy atom. The normalized spacial score (nSPS) is 14.8. The van der Waals surface area contributed by atoms with Crippen molar-refractivity contribution in [3.63, 3.8) is 0 Å². The number of halogens is 2. The van der Waals surface area contributed by atoms with Crippen molar-refractivity contribution < 1.29 is 4.39 Å². The standard InChI is InChI=1S/C18H15BrFN5/c19-15-10-24-18(25-5-3-13(23)4-6-25)14(9-22)17(15)11-1-2-12(8-21)16(20)7-11/h1-2,7,10,13H,3-6,23H2. The Kier molecular flexibility index (Phi) is 4.98. The molecule has 0 aliphatic carbocycles. The van der Waals surface area contributed by atoms with Gasteiger partial charge in [0.15, 0.2) is 0 Å². The van der Waals surface area contributed by atoms with Gasteiger partial charge in [0.1, 0.15) is 29.3 Å². The lowest BCUT2D eigenvalue weighted by Crippen LogP contribution is -2.40. The molecule has 0 amide bonds. The third kappa shape index (κ3) is 3.34. The highest BCUT2D eigenvalue weighted by Crippen LogP contribution is 2.36. The van der Waals surface area contributed by atoms with Crippen molar-refractivity contribution in [2.24, 2.45) is 5.73 Å². The van der Waals surface area contributed by atoms with Gasteiger partial charge in [-0.25, -0.2) is 9.37 Å². The number of rotatable bonds is 2. The molecule has 0 unspecified atom stereocenters. The first-order valence-corrected chi connectivity index (χ1v) is 8.63. The van der Waals surface area contributed by atoms with Gasteiger partial charge in [-0.1, -0.05) is 6.07 Å². The quantitative estimate of drug-likeness (QED) is 0.836. The van der Waals surface area contributed by atoms with Crippen LogP contribution in [0.15, 0.2) is 28.9 Å². The molecule has 1 aliphatic rings. The highest BCUT2D eigenvalue weighted by Gasteiger charge is 2.23. The Labute approximate surface area is 153 Å². The molecule has 0 bridgehead atoms. The first-order valence-electron chi connectivity index (χ1n) is 7.84. The molecule has 5 nitrogen and oxygen atoms in total. The van der Waals surface area contributed by atoms with Gasteiger partial charge >= 0.3 is 0 Å². The number of anilines is 1. The predicted octanol–water partition coefficient (Wildman–Crippen LogP) is 3.32. The van der Waals surface area contributed by atoms with Gasteiger partial charge in [0, 0.05) is 35.4 Å². The van der Waals surface area contributed by atoms with Gasteiger partial charge in [0.2, 0.25) is 0 Å². The number of aromatic nitrogens is 1. The Balaban J connectivity index is 2.11. The van der Waals surface area contributed by atoms with E-state index < -0.39 is 5.82 Å². The molecule has 1 saturated heterocycles. The molecule has 1 aromatic carbocycles. The van der Waals surface area contributed by atoms with E-state index in [0.717, 1.165) is 25.9 Å². The Morgan fingerprint density at radius 2 is 1.96 bits per heavy atom. The third-order valence-corrected chi connectivity index (χ3v) is 4.94. The average Bonchev–Trinajstić information content (AvgIpc) is 2.62. The lowest BCUT2D eigenvalue weighted by atomic mass is 9.98. The molecule has 1 fully saturated rings. The molecule has 0 saturated carbocycles. The predicted molar refractivity (Wildman–Crippen MR) is 96.2 cm³/mol. The number of piperidine rings is 1. The fourth-order valence-corrected chi connectivity index (χ4v) is 3.51. The van der Waals surface area contributed by atoms with E-state index in [4.69, 9.17) is 11.0 Å². The molecular formula is C18H15BrFN5. The van der Waals surface area contributed by atoms with Crippen LogP contribution in [-0.2, 0) is 0 Å². The van der Waals surface area contributed by atoms with Crippen LogP contribution in [0.2, 0.25) is 0 Å². The number of nitrogens with zero attached hydrogens (tertiary/aromatic N) is 4. The van der Waals surface area contributed by atoms with E-state index in [1.807, 2.05) is 4.90 Å². The second kappa shape index (κ2) is 7.18. The second-order valence-corrected chi connectivity index (χ2v) is 6.78. The Morgan fingerprint density at radius 1 is 1.24 bits per heavy atom. The van der Waals surface area contributed by atoms with Crippen molar-refractivity contribution in [2.45, 2.75) is 18.9 Å². The average molecular weight is 400 g/mol. The van der Waals surface area contributed by atoms with Gasteiger partial charge in [-0.15, -0.1) is 0 Å². The summed E-state index contributed by atoms with van der Waals surface area (Å²) in [4.78, 5) is 6.45. The summed E-state index contributed by atoms with van der Waals surface area (Å²) in [5.41, 5.74) is 7.40.